The Labute approximate surface area is 177 Å². The number of nitrogens with one attached hydrogen (secondary N) is 2. The van der Waals surface area contributed by atoms with Gasteiger partial charge in [-0.3, -0.25) is 20.4 Å². The highest BCUT2D eigenvalue weighted by Gasteiger charge is 2.15. The van der Waals surface area contributed by atoms with E-state index >= 15 is 0 Å². The molecule has 2 amide bonds. The van der Waals surface area contributed by atoms with Gasteiger partial charge in [-0.25, -0.2) is 0 Å². The van der Waals surface area contributed by atoms with Crippen LogP contribution in [0.5, 0.6) is 11.5 Å². The van der Waals surface area contributed by atoms with Gasteiger partial charge in [0.2, 0.25) is 0 Å². The van der Waals surface area contributed by atoms with E-state index in [1.54, 1.807) is 42.5 Å². The van der Waals surface area contributed by atoms with Crippen LogP contribution in [0.1, 0.15) is 30.6 Å². The lowest BCUT2D eigenvalue weighted by Crippen LogP contribution is -2.44. The highest BCUT2D eigenvalue weighted by molar-refractivity contribution is 9.10. The van der Waals surface area contributed by atoms with Crippen LogP contribution in [-0.4, -0.2) is 25.0 Å². The van der Waals surface area contributed by atoms with E-state index in [1.165, 1.54) is 0 Å². The van der Waals surface area contributed by atoms with Gasteiger partial charge in [0, 0.05) is 9.50 Å². The van der Waals surface area contributed by atoms with Crippen molar-refractivity contribution in [3.63, 3.8) is 0 Å². The van der Waals surface area contributed by atoms with Crippen molar-refractivity contribution >= 4 is 39.3 Å². The molecule has 2 aromatic carbocycles. The van der Waals surface area contributed by atoms with Crippen LogP contribution in [0.2, 0.25) is 5.02 Å². The molecule has 0 aliphatic carbocycles. The van der Waals surface area contributed by atoms with Crippen molar-refractivity contribution in [1.82, 2.24) is 10.9 Å². The summed E-state index contributed by atoms with van der Waals surface area (Å²) in [5, 5.41) is 0.574. The Balaban J connectivity index is 1.88. The van der Waals surface area contributed by atoms with E-state index in [9.17, 15) is 9.59 Å². The lowest BCUT2D eigenvalue weighted by atomic mass is 10.1. The fraction of sp³-hybridized carbons (Fsp3) is 0.300. The van der Waals surface area contributed by atoms with Crippen LogP contribution < -0.4 is 20.3 Å². The molecule has 0 atom stereocenters. The van der Waals surface area contributed by atoms with Crippen LogP contribution in [-0.2, 0) is 4.79 Å². The van der Waals surface area contributed by atoms with Crippen molar-refractivity contribution in [1.29, 1.82) is 0 Å². The average molecular weight is 470 g/mol. The van der Waals surface area contributed by atoms with E-state index < -0.39 is 11.8 Å². The van der Waals surface area contributed by atoms with Crippen molar-refractivity contribution in [3.05, 3.63) is 57.5 Å². The Bertz CT molecular complexity index is 812. The maximum atomic E-state index is 12.4. The van der Waals surface area contributed by atoms with Crippen LogP contribution in [0, 0.1) is 5.92 Å². The fourth-order valence-electron chi connectivity index (χ4n) is 2.12. The Kier molecular flexibility index (Phi) is 8.60. The molecule has 0 radical (unpaired) electrons. The van der Waals surface area contributed by atoms with Crippen LogP contribution in [0.25, 0.3) is 0 Å². The van der Waals surface area contributed by atoms with Crippen molar-refractivity contribution in [2.45, 2.75) is 20.3 Å². The molecule has 28 heavy (non-hydrogen) atoms. The molecule has 0 unspecified atom stereocenters. The Morgan fingerprint density at radius 3 is 2.46 bits per heavy atom. The number of halogens is 2. The Hall–Kier alpha value is -2.25. The van der Waals surface area contributed by atoms with Crippen LogP contribution in [0.4, 0.5) is 0 Å². The number of benzene rings is 2. The number of ether oxygens (including phenoxy) is 2. The van der Waals surface area contributed by atoms with E-state index in [1.807, 2.05) is 0 Å². The number of hydrogen-bond donors (Lipinski definition) is 2. The van der Waals surface area contributed by atoms with Gasteiger partial charge >= 0.3 is 0 Å². The van der Waals surface area contributed by atoms with Gasteiger partial charge in [0.1, 0.15) is 11.5 Å². The maximum absolute atomic E-state index is 12.4. The van der Waals surface area contributed by atoms with Crippen molar-refractivity contribution in [2.75, 3.05) is 13.2 Å². The van der Waals surface area contributed by atoms with E-state index in [2.05, 4.69) is 40.6 Å². The molecular weight excluding hydrogens is 448 g/mol. The van der Waals surface area contributed by atoms with Crippen molar-refractivity contribution in [2.24, 2.45) is 5.92 Å². The quantitative estimate of drug-likeness (QED) is 0.563. The predicted octanol–water partition coefficient (Wildman–Crippen LogP) is 4.37. The first-order chi connectivity index (χ1) is 13.3. The fourth-order valence-corrected chi connectivity index (χ4v) is 2.61. The Morgan fingerprint density at radius 2 is 1.79 bits per heavy atom. The zero-order valence-corrected chi connectivity index (χ0v) is 18.0. The van der Waals surface area contributed by atoms with Crippen molar-refractivity contribution < 1.29 is 19.1 Å². The van der Waals surface area contributed by atoms with Crippen molar-refractivity contribution in [3.8, 4) is 11.5 Å². The summed E-state index contributed by atoms with van der Waals surface area (Å²) in [7, 11) is 0. The molecule has 2 rings (SSSR count). The number of hydrogen-bond acceptors (Lipinski definition) is 4. The third kappa shape index (κ3) is 7.40. The molecule has 0 saturated heterocycles. The van der Waals surface area contributed by atoms with Crippen LogP contribution in [0.3, 0.4) is 0 Å². The van der Waals surface area contributed by atoms with Gasteiger partial charge in [0.15, 0.2) is 6.61 Å². The second-order valence-corrected chi connectivity index (χ2v) is 7.77. The molecule has 6 nitrogen and oxygen atoms in total. The zero-order valence-electron chi connectivity index (χ0n) is 15.6. The lowest BCUT2D eigenvalue weighted by Gasteiger charge is -2.14. The second-order valence-electron chi connectivity index (χ2n) is 6.42. The van der Waals surface area contributed by atoms with Gasteiger partial charge in [-0.15, -0.1) is 0 Å². The molecule has 2 aromatic rings. The molecule has 0 heterocycles. The minimum absolute atomic E-state index is 0.252. The Morgan fingerprint density at radius 1 is 1.07 bits per heavy atom. The van der Waals surface area contributed by atoms with E-state index in [0.29, 0.717) is 34.6 Å². The molecule has 8 heteroatoms. The summed E-state index contributed by atoms with van der Waals surface area (Å²) in [5.41, 5.74) is 5.01. The molecule has 0 spiro atoms. The van der Waals surface area contributed by atoms with Crippen LogP contribution >= 0.6 is 27.5 Å². The van der Waals surface area contributed by atoms with Crippen LogP contribution in [0.15, 0.2) is 46.9 Å². The molecule has 2 N–H and O–H groups in total. The first kappa shape index (κ1) is 22.0. The smallest absolute Gasteiger partial charge is 0.276 e. The summed E-state index contributed by atoms with van der Waals surface area (Å²) in [6.07, 6.45) is 0.871. The molecular formula is C20H22BrClN2O4. The summed E-state index contributed by atoms with van der Waals surface area (Å²) >= 11 is 9.13. The molecule has 0 bridgehead atoms. The summed E-state index contributed by atoms with van der Waals surface area (Å²) < 4.78 is 11.8. The number of carbonyl (C=O) groups is 2. The predicted molar refractivity (Wildman–Crippen MR) is 112 cm³/mol. The third-order valence-electron chi connectivity index (χ3n) is 3.64. The summed E-state index contributed by atoms with van der Waals surface area (Å²) in [4.78, 5) is 24.3. The molecule has 0 aliphatic rings. The maximum Gasteiger partial charge on any atom is 0.276 e. The summed E-state index contributed by atoms with van der Waals surface area (Å²) in [6.45, 7) is 4.44. The first-order valence-corrected chi connectivity index (χ1v) is 9.92. The highest BCUT2D eigenvalue weighted by atomic mass is 79.9. The molecule has 0 saturated carbocycles. The number of hydrazine groups is 1. The normalized spacial score (nSPS) is 10.5. The first-order valence-electron chi connectivity index (χ1n) is 8.75. The lowest BCUT2D eigenvalue weighted by molar-refractivity contribution is -0.123. The van der Waals surface area contributed by atoms with E-state index in [4.69, 9.17) is 21.1 Å². The van der Waals surface area contributed by atoms with E-state index in [0.717, 1.165) is 10.9 Å². The standard InChI is InChI=1S/C20H22BrClN2O4/c1-13(2)9-10-27-18-8-3-14(21)11-17(18)20(26)24-23-19(25)12-28-16-6-4-15(22)5-7-16/h3-8,11,13H,9-10,12H2,1-2H3,(H,23,25)(H,24,26). The number of rotatable bonds is 8. The molecule has 0 fully saturated rings. The third-order valence-corrected chi connectivity index (χ3v) is 4.38. The molecule has 150 valence electrons. The minimum Gasteiger partial charge on any atom is -0.493 e. The molecule has 0 aromatic heterocycles. The zero-order chi connectivity index (χ0) is 20.5. The second kappa shape index (κ2) is 10.9. The SMILES string of the molecule is CC(C)CCOc1ccc(Br)cc1C(=O)NNC(=O)COc1ccc(Cl)cc1. The number of carbonyl (C=O) groups excluding carboxylic acids is 2. The number of amides is 2. The highest BCUT2D eigenvalue weighted by Crippen LogP contribution is 2.23. The van der Waals surface area contributed by atoms with Gasteiger partial charge in [0.05, 0.1) is 12.2 Å². The summed E-state index contributed by atoms with van der Waals surface area (Å²) in [5.74, 6) is 0.459. The van der Waals surface area contributed by atoms with Gasteiger partial charge in [-0.1, -0.05) is 41.4 Å². The summed E-state index contributed by atoms with van der Waals surface area (Å²) in [6, 6.07) is 11.8. The molecule has 0 aliphatic heterocycles. The van der Waals surface area contributed by atoms with Gasteiger partial charge in [-0.2, -0.15) is 0 Å². The monoisotopic (exact) mass is 468 g/mol. The van der Waals surface area contributed by atoms with E-state index in [-0.39, 0.29) is 6.61 Å². The van der Waals surface area contributed by atoms with Gasteiger partial charge < -0.3 is 9.47 Å². The van der Waals surface area contributed by atoms with Gasteiger partial charge in [-0.05, 0) is 54.8 Å². The van der Waals surface area contributed by atoms with Gasteiger partial charge in [0.25, 0.3) is 11.8 Å². The minimum atomic E-state index is -0.499. The average Bonchev–Trinajstić information content (AvgIpc) is 2.66. The largest absolute Gasteiger partial charge is 0.493 e. The topological polar surface area (TPSA) is 76.7 Å².